The predicted molar refractivity (Wildman–Crippen MR) is 194 cm³/mol. The molecule has 0 spiro atoms. The Bertz CT molecular complexity index is 2470. The first kappa shape index (κ1) is 25.8. The molecule has 0 saturated carbocycles. The lowest BCUT2D eigenvalue weighted by Gasteiger charge is -2.27. The standard InChI is InChI=1S/C42H28N2S/c1-4-14-29(15-5-1)36-27-33(28-38-34-20-10-12-22-39(34)44(42(36)38)31-18-8-3-9-19-31)43(30-16-6-2-7-17-30)32-24-25-41-37(26-32)35-21-11-13-23-40(35)45-41/h1-28H. The summed E-state index contributed by atoms with van der Waals surface area (Å²) in [6.07, 6.45) is 0. The molecule has 0 aliphatic rings. The van der Waals surface area contributed by atoms with Crippen LogP contribution in [0.1, 0.15) is 0 Å². The van der Waals surface area contributed by atoms with Gasteiger partial charge < -0.3 is 9.47 Å². The van der Waals surface area contributed by atoms with E-state index in [0.717, 1.165) is 22.7 Å². The Morgan fingerprint density at radius 1 is 0.422 bits per heavy atom. The van der Waals surface area contributed by atoms with E-state index in [1.807, 2.05) is 11.3 Å². The second kappa shape index (κ2) is 10.5. The number of anilines is 3. The van der Waals surface area contributed by atoms with Crippen molar-refractivity contribution in [2.45, 2.75) is 0 Å². The smallest absolute Gasteiger partial charge is 0.0621 e. The van der Waals surface area contributed by atoms with Crippen LogP contribution in [-0.2, 0) is 0 Å². The molecule has 2 aromatic heterocycles. The summed E-state index contributed by atoms with van der Waals surface area (Å²) in [5.41, 5.74) is 9.35. The Morgan fingerprint density at radius 3 is 1.84 bits per heavy atom. The second-order valence-electron chi connectivity index (χ2n) is 11.4. The number of nitrogens with zero attached hydrogens (tertiary/aromatic N) is 2. The zero-order valence-corrected chi connectivity index (χ0v) is 25.3. The maximum absolute atomic E-state index is 2.42. The average Bonchev–Trinajstić information content (AvgIpc) is 3.65. The summed E-state index contributed by atoms with van der Waals surface area (Å²) >= 11 is 1.86. The fourth-order valence-electron chi connectivity index (χ4n) is 6.77. The molecule has 0 atom stereocenters. The predicted octanol–water partition coefficient (Wildman–Crippen LogP) is 12.3. The minimum atomic E-state index is 1.13. The summed E-state index contributed by atoms with van der Waals surface area (Å²) in [6.45, 7) is 0. The molecule has 2 heterocycles. The van der Waals surface area contributed by atoms with Gasteiger partial charge >= 0.3 is 0 Å². The molecule has 0 aliphatic heterocycles. The Hall–Kier alpha value is -5.64. The van der Waals surface area contributed by atoms with Gasteiger partial charge in [0.05, 0.1) is 11.0 Å². The topological polar surface area (TPSA) is 8.17 Å². The van der Waals surface area contributed by atoms with Gasteiger partial charge in [0.2, 0.25) is 0 Å². The third-order valence-corrected chi connectivity index (χ3v) is 9.90. The minimum absolute atomic E-state index is 1.13. The van der Waals surface area contributed by atoms with E-state index in [4.69, 9.17) is 0 Å². The molecule has 3 heteroatoms. The summed E-state index contributed by atoms with van der Waals surface area (Å²) in [4.78, 5) is 2.41. The molecule has 0 amide bonds. The van der Waals surface area contributed by atoms with Crippen LogP contribution in [0, 0.1) is 0 Å². The van der Waals surface area contributed by atoms with Crippen molar-refractivity contribution < 1.29 is 0 Å². The van der Waals surface area contributed by atoms with Gasteiger partial charge in [-0.1, -0.05) is 103 Å². The molecule has 7 aromatic carbocycles. The molecule has 45 heavy (non-hydrogen) atoms. The summed E-state index contributed by atoms with van der Waals surface area (Å²) in [5.74, 6) is 0. The second-order valence-corrected chi connectivity index (χ2v) is 12.5. The maximum atomic E-state index is 2.42. The molecule has 9 rings (SSSR count). The molecule has 0 aliphatic carbocycles. The van der Waals surface area contributed by atoms with Gasteiger partial charge in [0.25, 0.3) is 0 Å². The molecule has 9 aromatic rings. The number of thiophene rings is 1. The number of benzene rings is 7. The van der Waals surface area contributed by atoms with E-state index >= 15 is 0 Å². The first-order chi connectivity index (χ1) is 22.3. The van der Waals surface area contributed by atoms with Crippen molar-refractivity contribution in [1.29, 1.82) is 0 Å². The van der Waals surface area contributed by atoms with Gasteiger partial charge in [-0.05, 0) is 72.3 Å². The van der Waals surface area contributed by atoms with E-state index in [9.17, 15) is 0 Å². The van der Waals surface area contributed by atoms with Crippen LogP contribution in [-0.4, -0.2) is 4.57 Å². The fourth-order valence-corrected chi connectivity index (χ4v) is 7.86. The van der Waals surface area contributed by atoms with Gasteiger partial charge in [-0.15, -0.1) is 11.3 Å². The average molecular weight is 593 g/mol. The van der Waals surface area contributed by atoms with Crippen molar-refractivity contribution in [3.05, 3.63) is 170 Å². The Kier molecular flexibility index (Phi) is 6.03. The van der Waals surface area contributed by atoms with E-state index < -0.39 is 0 Å². The zero-order chi connectivity index (χ0) is 29.7. The van der Waals surface area contributed by atoms with Crippen LogP contribution in [0.5, 0.6) is 0 Å². The maximum Gasteiger partial charge on any atom is 0.0621 e. The first-order valence-electron chi connectivity index (χ1n) is 15.3. The molecular weight excluding hydrogens is 565 g/mol. The van der Waals surface area contributed by atoms with Crippen molar-refractivity contribution in [2.75, 3.05) is 4.90 Å². The molecule has 2 nitrogen and oxygen atoms in total. The number of para-hydroxylation sites is 3. The van der Waals surface area contributed by atoms with Crippen LogP contribution in [0.3, 0.4) is 0 Å². The molecule has 0 bridgehead atoms. The van der Waals surface area contributed by atoms with Gasteiger partial charge in [0.1, 0.15) is 0 Å². The highest BCUT2D eigenvalue weighted by atomic mass is 32.1. The number of hydrogen-bond acceptors (Lipinski definition) is 2. The summed E-state index contributed by atoms with van der Waals surface area (Å²) in [5, 5.41) is 5.06. The molecule has 0 N–H and O–H groups in total. The van der Waals surface area contributed by atoms with Crippen LogP contribution in [0.4, 0.5) is 17.1 Å². The van der Waals surface area contributed by atoms with E-state index in [-0.39, 0.29) is 0 Å². The third-order valence-electron chi connectivity index (χ3n) is 8.74. The van der Waals surface area contributed by atoms with Crippen molar-refractivity contribution in [3.63, 3.8) is 0 Å². The largest absolute Gasteiger partial charge is 0.310 e. The highest BCUT2D eigenvalue weighted by Gasteiger charge is 2.21. The molecule has 0 radical (unpaired) electrons. The van der Waals surface area contributed by atoms with E-state index in [0.29, 0.717) is 0 Å². The van der Waals surface area contributed by atoms with E-state index in [1.54, 1.807) is 0 Å². The van der Waals surface area contributed by atoms with Gasteiger partial charge in [-0.25, -0.2) is 0 Å². The Balaban J connectivity index is 1.38. The van der Waals surface area contributed by atoms with Crippen LogP contribution >= 0.6 is 11.3 Å². The number of fused-ring (bicyclic) bond motifs is 6. The lowest BCUT2D eigenvalue weighted by Crippen LogP contribution is -2.10. The molecule has 0 saturated heterocycles. The molecular formula is C42H28N2S. The van der Waals surface area contributed by atoms with Crippen molar-refractivity contribution >= 4 is 70.4 Å². The SMILES string of the molecule is c1ccc(-c2cc(N(c3ccccc3)c3ccc4sc5ccccc5c4c3)cc3c4ccccc4n(-c4ccccc4)c23)cc1. The van der Waals surface area contributed by atoms with Crippen LogP contribution in [0.15, 0.2) is 170 Å². The minimum Gasteiger partial charge on any atom is -0.310 e. The first-order valence-corrected chi connectivity index (χ1v) is 16.1. The van der Waals surface area contributed by atoms with Crippen LogP contribution in [0.2, 0.25) is 0 Å². The van der Waals surface area contributed by atoms with Gasteiger partial charge in [-0.3, -0.25) is 0 Å². The van der Waals surface area contributed by atoms with Crippen LogP contribution in [0.25, 0.3) is 58.8 Å². The van der Waals surface area contributed by atoms with Crippen LogP contribution < -0.4 is 4.90 Å². The van der Waals surface area contributed by atoms with Crippen molar-refractivity contribution in [1.82, 2.24) is 4.57 Å². The number of hydrogen-bond donors (Lipinski definition) is 0. The highest BCUT2D eigenvalue weighted by Crippen LogP contribution is 2.45. The van der Waals surface area contributed by atoms with Gasteiger partial charge in [-0.2, -0.15) is 0 Å². The summed E-state index contributed by atoms with van der Waals surface area (Å²) in [7, 11) is 0. The lowest BCUT2D eigenvalue weighted by atomic mass is 9.99. The lowest BCUT2D eigenvalue weighted by molar-refractivity contribution is 1.18. The number of aromatic nitrogens is 1. The molecule has 0 unspecified atom stereocenters. The zero-order valence-electron chi connectivity index (χ0n) is 24.5. The summed E-state index contributed by atoms with van der Waals surface area (Å²) < 4.78 is 5.05. The number of rotatable bonds is 5. The molecule has 212 valence electrons. The van der Waals surface area contributed by atoms with Crippen molar-refractivity contribution in [2.24, 2.45) is 0 Å². The van der Waals surface area contributed by atoms with E-state index in [2.05, 4.69) is 179 Å². The Morgan fingerprint density at radius 2 is 1.04 bits per heavy atom. The van der Waals surface area contributed by atoms with Gasteiger partial charge in [0, 0.05) is 59.3 Å². The highest BCUT2D eigenvalue weighted by molar-refractivity contribution is 7.25. The van der Waals surface area contributed by atoms with E-state index in [1.165, 1.54) is 53.1 Å². The molecule has 0 fully saturated rings. The van der Waals surface area contributed by atoms with Gasteiger partial charge in [0.15, 0.2) is 0 Å². The third kappa shape index (κ3) is 4.24. The monoisotopic (exact) mass is 592 g/mol. The fraction of sp³-hybridized carbons (Fsp3) is 0. The normalized spacial score (nSPS) is 11.6. The Labute approximate surface area is 265 Å². The summed E-state index contributed by atoms with van der Waals surface area (Å²) in [6, 6.07) is 61.4. The van der Waals surface area contributed by atoms with Crippen molar-refractivity contribution in [3.8, 4) is 16.8 Å². The quantitative estimate of drug-likeness (QED) is 0.193.